The number of aliphatic hydroxyl groups excluding tert-OH is 1. The predicted octanol–water partition coefficient (Wildman–Crippen LogP) is 1.98. The molecule has 1 saturated heterocycles. The van der Waals surface area contributed by atoms with Crippen molar-refractivity contribution in [3.05, 3.63) is 0 Å². The van der Waals surface area contributed by atoms with E-state index in [2.05, 4.69) is 16.7 Å². The molecular weight excluding hydrogens is 206 g/mol. The molecule has 1 heterocycles. The summed E-state index contributed by atoms with van der Waals surface area (Å²) in [5.41, 5.74) is 0. The molecule has 1 N–H and O–H groups in total. The van der Waals surface area contributed by atoms with Crippen LogP contribution in [0.5, 0.6) is 0 Å². The molecular formula is C12H23NOS. The Balaban J connectivity index is 1.78. The van der Waals surface area contributed by atoms with Gasteiger partial charge in [-0.15, -0.1) is 0 Å². The van der Waals surface area contributed by atoms with E-state index < -0.39 is 0 Å². The third kappa shape index (κ3) is 3.65. The lowest BCUT2D eigenvalue weighted by Crippen LogP contribution is -2.38. The molecule has 88 valence electrons. The maximum atomic E-state index is 9.94. The van der Waals surface area contributed by atoms with Crippen molar-refractivity contribution in [3.63, 3.8) is 0 Å². The molecule has 15 heavy (non-hydrogen) atoms. The zero-order chi connectivity index (χ0) is 10.5. The van der Waals surface area contributed by atoms with Gasteiger partial charge in [0.25, 0.3) is 0 Å². The van der Waals surface area contributed by atoms with E-state index in [1.54, 1.807) is 0 Å². The molecule has 0 aromatic carbocycles. The summed E-state index contributed by atoms with van der Waals surface area (Å²) in [5.74, 6) is 3.16. The van der Waals surface area contributed by atoms with E-state index in [0.717, 1.165) is 13.0 Å². The van der Waals surface area contributed by atoms with Gasteiger partial charge in [-0.05, 0) is 37.5 Å². The average molecular weight is 229 g/mol. The van der Waals surface area contributed by atoms with Crippen molar-refractivity contribution < 1.29 is 5.11 Å². The molecule has 2 unspecified atom stereocenters. The van der Waals surface area contributed by atoms with Crippen LogP contribution in [-0.4, -0.2) is 47.3 Å². The van der Waals surface area contributed by atoms with Crippen LogP contribution in [0.4, 0.5) is 0 Å². The summed E-state index contributed by atoms with van der Waals surface area (Å²) in [4.78, 5) is 2.57. The SMILES string of the molecule is OC1CCCCC1CN1CCCSCC1. The second-order valence-electron chi connectivity index (χ2n) is 4.88. The van der Waals surface area contributed by atoms with Crippen LogP contribution in [0, 0.1) is 5.92 Å². The molecule has 0 aromatic rings. The van der Waals surface area contributed by atoms with E-state index in [1.807, 2.05) is 0 Å². The Morgan fingerprint density at radius 2 is 1.93 bits per heavy atom. The first kappa shape index (κ1) is 11.7. The first-order valence-electron chi connectivity index (χ1n) is 6.34. The number of rotatable bonds is 2. The molecule has 1 saturated carbocycles. The van der Waals surface area contributed by atoms with Gasteiger partial charge in [0.05, 0.1) is 6.10 Å². The quantitative estimate of drug-likeness (QED) is 0.783. The van der Waals surface area contributed by atoms with Crippen molar-refractivity contribution >= 4 is 11.8 Å². The highest BCUT2D eigenvalue weighted by molar-refractivity contribution is 7.99. The summed E-state index contributed by atoms with van der Waals surface area (Å²) in [6.07, 6.45) is 6.14. The van der Waals surface area contributed by atoms with Gasteiger partial charge in [0, 0.05) is 18.8 Å². The molecule has 0 radical (unpaired) electrons. The molecule has 2 nitrogen and oxygen atoms in total. The third-order valence-corrected chi connectivity index (χ3v) is 4.73. The molecule has 2 fully saturated rings. The molecule has 1 aliphatic heterocycles. The highest BCUT2D eigenvalue weighted by Crippen LogP contribution is 2.25. The largest absolute Gasteiger partial charge is 0.393 e. The fraction of sp³-hybridized carbons (Fsp3) is 1.00. The minimum atomic E-state index is -0.0188. The first-order valence-corrected chi connectivity index (χ1v) is 7.50. The van der Waals surface area contributed by atoms with Gasteiger partial charge in [-0.3, -0.25) is 0 Å². The normalized spacial score (nSPS) is 35.0. The molecule has 0 spiro atoms. The second-order valence-corrected chi connectivity index (χ2v) is 6.10. The van der Waals surface area contributed by atoms with Crippen molar-refractivity contribution in [2.24, 2.45) is 5.92 Å². The van der Waals surface area contributed by atoms with E-state index in [4.69, 9.17) is 0 Å². The van der Waals surface area contributed by atoms with Crippen LogP contribution in [0.3, 0.4) is 0 Å². The lowest BCUT2D eigenvalue weighted by atomic mass is 9.86. The van der Waals surface area contributed by atoms with E-state index in [-0.39, 0.29) is 6.10 Å². The average Bonchev–Trinajstić information content (AvgIpc) is 2.50. The van der Waals surface area contributed by atoms with E-state index >= 15 is 0 Å². The van der Waals surface area contributed by atoms with Gasteiger partial charge in [0.2, 0.25) is 0 Å². The van der Waals surface area contributed by atoms with Gasteiger partial charge >= 0.3 is 0 Å². The first-order chi connectivity index (χ1) is 7.36. The lowest BCUT2D eigenvalue weighted by Gasteiger charge is -2.32. The van der Waals surface area contributed by atoms with Crippen LogP contribution >= 0.6 is 11.8 Å². The Morgan fingerprint density at radius 1 is 1.07 bits per heavy atom. The molecule has 2 rings (SSSR count). The zero-order valence-electron chi connectivity index (χ0n) is 9.53. The summed E-state index contributed by atoms with van der Waals surface area (Å²) in [6.45, 7) is 3.62. The standard InChI is InChI=1S/C12H23NOS/c14-12-5-2-1-4-11(12)10-13-6-3-8-15-9-7-13/h11-12,14H,1-10H2. The molecule has 2 aliphatic rings. The molecule has 3 heteroatoms. The van der Waals surface area contributed by atoms with Gasteiger partial charge in [0.15, 0.2) is 0 Å². The fourth-order valence-corrected chi connectivity index (χ4v) is 3.64. The summed E-state index contributed by atoms with van der Waals surface area (Å²) < 4.78 is 0. The van der Waals surface area contributed by atoms with Crippen molar-refractivity contribution in [1.82, 2.24) is 4.90 Å². The summed E-state index contributed by atoms with van der Waals surface area (Å²) in [5, 5.41) is 9.94. The lowest BCUT2D eigenvalue weighted by molar-refractivity contribution is 0.0480. The summed E-state index contributed by atoms with van der Waals surface area (Å²) >= 11 is 2.08. The highest BCUT2D eigenvalue weighted by Gasteiger charge is 2.25. The van der Waals surface area contributed by atoms with Gasteiger partial charge in [-0.25, -0.2) is 0 Å². The maximum absolute atomic E-state index is 9.94. The second kappa shape index (κ2) is 6.12. The van der Waals surface area contributed by atoms with E-state index in [9.17, 15) is 5.11 Å². The maximum Gasteiger partial charge on any atom is 0.0580 e. The summed E-state index contributed by atoms with van der Waals surface area (Å²) in [6, 6.07) is 0. The molecule has 0 amide bonds. The fourth-order valence-electron chi connectivity index (χ4n) is 2.71. The Morgan fingerprint density at radius 3 is 2.80 bits per heavy atom. The van der Waals surface area contributed by atoms with Crippen LogP contribution in [-0.2, 0) is 0 Å². The topological polar surface area (TPSA) is 23.5 Å². The summed E-state index contributed by atoms with van der Waals surface area (Å²) in [7, 11) is 0. The Hall–Kier alpha value is 0.270. The van der Waals surface area contributed by atoms with Gasteiger partial charge in [-0.1, -0.05) is 12.8 Å². The number of nitrogens with zero attached hydrogens (tertiary/aromatic N) is 1. The smallest absolute Gasteiger partial charge is 0.0580 e. The number of hydrogen-bond donors (Lipinski definition) is 1. The highest BCUT2D eigenvalue weighted by atomic mass is 32.2. The zero-order valence-corrected chi connectivity index (χ0v) is 10.3. The van der Waals surface area contributed by atoms with Crippen molar-refractivity contribution in [3.8, 4) is 0 Å². The monoisotopic (exact) mass is 229 g/mol. The molecule has 0 bridgehead atoms. The van der Waals surface area contributed by atoms with Crippen LogP contribution in [0.25, 0.3) is 0 Å². The van der Waals surface area contributed by atoms with Crippen LogP contribution in [0.2, 0.25) is 0 Å². The van der Waals surface area contributed by atoms with Gasteiger partial charge in [0.1, 0.15) is 0 Å². The Kier molecular flexibility index (Phi) is 4.79. The van der Waals surface area contributed by atoms with E-state index in [0.29, 0.717) is 5.92 Å². The molecule has 0 aromatic heterocycles. The molecule has 2 atom stereocenters. The Labute approximate surface area is 97.4 Å². The van der Waals surface area contributed by atoms with Crippen LogP contribution < -0.4 is 0 Å². The van der Waals surface area contributed by atoms with Gasteiger partial charge < -0.3 is 10.0 Å². The van der Waals surface area contributed by atoms with Crippen molar-refractivity contribution in [2.45, 2.75) is 38.2 Å². The Bertz CT molecular complexity index is 180. The number of aliphatic hydroxyl groups is 1. The number of thioether (sulfide) groups is 1. The van der Waals surface area contributed by atoms with Crippen LogP contribution in [0.1, 0.15) is 32.1 Å². The minimum Gasteiger partial charge on any atom is -0.393 e. The van der Waals surface area contributed by atoms with Crippen LogP contribution in [0.15, 0.2) is 0 Å². The van der Waals surface area contributed by atoms with Crippen molar-refractivity contribution in [1.29, 1.82) is 0 Å². The van der Waals surface area contributed by atoms with Gasteiger partial charge in [-0.2, -0.15) is 11.8 Å². The minimum absolute atomic E-state index is 0.0188. The van der Waals surface area contributed by atoms with E-state index in [1.165, 1.54) is 50.3 Å². The predicted molar refractivity (Wildman–Crippen MR) is 66.3 cm³/mol. The van der Waals surface area contributed by atoms with Crippen molar-refractivity contribution in [2.75, 3.05) is 31.1 Å². The number of hydrogen-bond acceptors (Lipinski definition) is 3. The third-order valence-electron chi connectivity index (χ3n) is 3.68. The molecule has 1 aliphatic carbocycles.